The summed E-state index contributed by atoms with van der Waals surface area (Å²) < 4.78 is 73.5. The van der Waals surface area contributed by atoms with Crippen molar-refractivity contribution >= 4 is 40.3 Å². The topological polar surface area (TPSA) is 119 Å². The van der Waals surface area contributed by atoms with E-state index in [0.29, 0.717) is 17.9 Å². The normalized spacial score (nSPS) is 18.8. The highest BCUT2D eigenvalue weighted by molar-refractivity contribution is 8.00. The maximum absolute atomic E-state index is 14.3. The van der Waals surface area contributed by atoms with Crippen LogP contribution in [0, 0.1) is 0 Å². The number of methoxy groups -OCH3 is 1. The van der Waals surface area contributed by atoms with Gasteiger partial charge in [0.15, 0.2) is 22.4 Å². The van der Waals surface area contributed by atoms with E-state index in [1.165, 1.54) is 43.1 Å². The summed E-state index contributed by atoms with van der Waals surface area (Å²) in [5.41, 5.74) is 0.183. The SMILES string of the molecule is COc1cc(C(=O)NCC(c2cc3c(c(Cl)n2)OCC3(C)SCCNS(=O)C(C)(C)C)C(F)(F)F)ccc1OC(C)CO. The van der Waals surface area contributed by atoms with Crippen LogP contribution in [0.5, 0.6) is 17.2 Å². The second-order valence-electron chi connectivity index (χ2n) is 11.1. The molecule has 2 heterocycles. The van der Waals surface area contributed by atoms with Crippen LogP contribution < -0.4 is 24.2 Å². The fourth-order valence-electron chi connectivity index (χ4n) is 4.11. The number of thioether (sulfide) groups is 1. The summed E-state index contributed by atoms with van der Waals surface area (Å²) in [7, 11) is 0.100. The molecule has 1 aliphatic rings. The van der Waals surface area contributed by atoms with Crippen molar-refractivity contribution in [2.24, 2.45) is 0 Å². The molecule has 1 aliphatic heterocycles. The number of alkyl halides is 3. The molecule has 2 aromatic rings. The Hall–Kier alpha value is -2.26. The lowest BCUT2D eigenvalue weighted by atomic mass is 9.97. The van der Waals surface area contributed by atoms with Gasteiger partial charge < -0.3 is 24.6 Å². The second kappa shape index (κ2) is 14.2. The molecule has 3 N–H and O–H groups in total. The number of hydrogen-bond acceptors (Lipinski definition) is 8. The molecular formula is C28H37ClF3N3O6S2. The van der Waals surface area contributed by atoms with Gasteiger partial charge >= 0.3 is 6.18 Å². The minimum absolute atomic E-state index is 0.0556. The summed E-state index contributed by atoms with van der Waals surface area (Å²) in [6, 6.07) is 5.51. The van der Waals surface area contributed by atoms with Crippen LogP contribution in [0.4, 0.5) is 13.2 Å². The summed E-state index contributed by atoms with van der Waals surface area (Å²) in [6.07, 6.45) is -5.29. The van der Waals surface area contributed by atoms with Crippen LogP contribution in [-0.4, -0.2) is 76.4 Å². The third-order valence-corrected chi connectivity index (χ3v) is 9.77. The maximum Gasteiger partial charge on any atom is 0.398 e. The van der Waals surface area contributed by atoms with E-state index < -0.39 is 51.1 Å². The Kier molecular flexibility index (Phi) is 11.7. The zero-order valence-electron chi connectivity index (χ0n) is 24.8. The number of benzene rings is 1. The Labute approximate surface area is 261 Å². The van der Waals surface area contributed by atoms with E-state index in [9.17, 15) is 27.3 Å². The average Bonchev–Trinajstić information content (AvgIpc) is 3.26. The minimum atomic E-state index is -4.75. The van der Waals surface area contributed by atoms with Gasteiger partial charge in [0.25, 0.3) is 5.91 Å². The molecule has 15 heteroatoms. The number of carbonyl (C=O) groups is 1. The fourth-order valence-corrected chi connectivity index (χ4v) is 6.32. The van der Waals surface area contributed by atoms with Gasteiger partial charge in [-0.25, -0.2) is 13.9 Å². The fraction of sp³-hybridized carbons (Fsp3) is 0.571. The van der Waals surface area contributed by atoms with Gasteiger partial charge in [-0.2, -0.15) is 13.2 Å². The first-order valence-corrected chi connectivity index (χ1v) is 15.9. The van der Waals surface area contributed by atoms with Crippen molar-refractivity contribution in [2.75, 3.05) is 39.2 Å². The highest BCUT2D eigenvalue weighted by atomic mass is 35.5. The Morgan fingerprint density at radius 3 is 2.58 bits per heavy atom. The van der Waals surface area contributed by atoms with Crippen LogP contribution in [0.15, 0.2) is 24.3 Å². The van der Waals surface area contributed by atoms with E-state index >= 15 is 0 Å². The number of amides is 1. The largest absolute Gasteiger partial charge is 0.493 e. The van der Waals surface area contributed by atoms with Gasteiger partial charge in [0, 0.05) is 30.0 Å². The van der Waals surface area contributed by atoms with Crippen LogP contribution in [-0.2, 0) is 15.7 Å². The van der Waals surface area contributed by atoms with Crippen molar-refractivity contribution in [1.82, 2.24) is 15.0 Å². The van der Waals surface area contributed by atoms with Crippen LogP contribution in [0.1, 0.15) is 62.2 Å². The summed E-state index contributed by atoms with van der Waals surface area (Å²) in [6.45, 7) is 8.59. The lowest BCUT2D eigenvalue weighted by Crippen LogP contribution is -2.36. The van der Waals surface area contributed by atoms with Gasteiger partial charge in [0.2, 0.25) is 0 Å². The second-order valence-corrected chi connectivity index (χ2v) is 15.1. The highest BCUT2D eigenvalue weighted by Crippen LogP contribution is 2.50. The van der Waals surface area contributed by atoms with E-state index in [2.05, 4.69) is 15.0 Å². The number of pyridine rings is 1. The average molecular weight is 668 g/mol. The molecule has 4 atom stereocenters. The number of fused-ring (bicyclic) bond motifs is 1. The zero-order chi connectivity index (χ0) is 32.2. The molecular weight excluding hydrogens is 631 g/mol. The predicted molar refractivity (Wildman–Crippen MR) is 162 cm³/mol. The molecule has 0 radical (unpaired) electrons. The van der Waals surface area contributed by atoms with Gasteiger partial charge in [0.05, 0.1) is 39.9 Å². The maximum atomic E-state index is 14.3. The number of halogens is 4. The number of ether oxygens (including phenoxy) is 3. The summed E-state index contributed by atoms with van der Waals surface area (Å²) in [5.74, 6) is -1.72. The third-order valence-electron chi connectivity index (χ3n) is 6.56. The molecule has 0 spiro atoms. The van der Waals surface area contributed by atoms with Crippen molar-refractivity contribution in [3.63, 3.8) is 0 Å². The van der Waals surface area contributed by atoms with E-state index in [1.807, 2.05) is 27.7 Å². The molecule has 43 heavy (non-hydrogen) atoms. The lowest BCUT2D eigenvalue weighted by Gasteiger charge is -2.25. The van der Waals surface area contributed by atoms with Crippen molar-refractivity contribution in [2.45, 2.75) is 62.3 Å². The lowest BCUT2D eigenvalue weighted by molar-refractivity contribution is -0.149. The number of aliphatic hydroxyl groups is 1. The smallest absolute Gasteiger partial charge is 0.398 e. The molecule has 240 valence electrons. The first kappa shape index (κ1) is 35.2. The summed E-state index contributed by atoms with van der Waals surface area (Å²) >= 11 is 7.76. The van der Waals surface area contributed by atoms with Gasteiger partial charge in [-0.15, -0.1) is 11.8 Å². The number of aliphatic hydroxyl groups excluding tert-OH is 1. The zero-order valence-corrected chi connectivity index (χ0v) is 27.2. The monoisotopic (exact) mass is 667 g/mol. The van der Waals surface area contributed by atoms with E-state index in [4.69, 9.17) is 25.8 Å². The number of nitrogens with zero attached hydrogens (tertiary/aromatic N) is 1. The summed E-state index contributed by atoms with van der Waals surface area (Å²) in [4.78, 5) is 16.9. The third kappa shape index (κ3) is 8.90. The number of hydrogen-bond donors (Lipinski definition) is 3. The van der Waals surface area contributed by atoms with Crippen molar-refractivity contribution in [3.05, 3.63) is 46.2 Å². The predicted octanol–water partition coefficient (Wildman–Crippen LogP) is 4.97. The van der Waals surface area contributed by atoms with Crippen LogP contribution in [0.3, 0.4) is 0 Å². The van der Waals surface area contributed by atoms with Gasteiger partial charge in [-0.3, -0.25) is 4.79 Å². The number of aromatic nitrogens is 1. The molecule has 0 bridgehead atoms. The van der Waals surface area contributed by atoms with Gasteiger partial charge in [-0.05, 0) is 58.9 Å². The molecule has 1 aromatic heterocycles. The minimum Gasteiger partial charge on any atom is -0.493 e. The van der Waals surface area contributed by atoms with Crippen LogP contribution in [0.25, 0.3) is 0 Å². The first-order chi connectivity index (χ1) is 20.0. The molecule has 0 fully saturated rings. The molecule has 1 amide bonds. The van der Waals surface area contributed by atoms with Gasteiger partial charge in [-0.1, -0.05) is 11.6 Å². The first-order valence-electron chi connectivity index (χ1n) is 13.4. The van der Waals surface area contributed by atoms with E-state index in [0.717, 1.165) is 0 Å². The molecule has 9 nitrogen and oxygen atoms in total. The highest BCUT2D eigenvalue weighted by Gasteiger charge is 2.45. The Morgan fingerprint density at radius 1 is 1.28 bits per heavy atom. The number of nitrogens with one attached hydrogen (secondary N) is 2. The standard InChI is InChI=1S/C28H37ClF3N3O6S2/c1-16(14-36)41-21-8-7-17(11-22(21)39-6)25(37)33-13-19(28(30,31)32)20-12-18-23(24(29)35-20)40-15-27(18,5)42-10-9-34-43(38)26(2,3)4/h7-8,11-12,16,19,34,36H,9-10,13-15H2,1-6H3,(H,33,37). The molecule has 3 rings (SSSR count). The summed E-state index contributed by atoms with van der Waals surface area (Å²) in [5, 5.41) is 11.4. The van der Waals surface area contributed by atoms with Crippen LogP contribution >= 0.6 is 23.4 Å². The van der Waals surface area contributed by atoms with Gasteiger partial charge in [0.1, 0.15) is 18.6 Å². The quantitative estimate of drug-likeness (QED) is 0.202. The molecule has 0 aliphatic carbocycles. The molecule has 1 aromatic carbocycles. The van der Waals surface area contributed by atoms with E-state index in [1.54, 1.807) is 6.92 Å². The van der Waals surface area contributed by atoms with Crippen molar-refractivity contribution < 1.29 is 41.5 Å². The van der Waals surface area contributed by atoms with E-state index in [-0.39, 0.29) is 46.9 Å². The molecule has 0 saturated heterocycles. The van der Waals surface area contributed by atoms with Crippen LogP contribution in [0.2, 0.25) is 5.15 Å². The Balaban J connectivity index is 1.78. The molecule has 0 saturated carbocycles. The number of carbonyl (C=O) groups excluding carboxylic acids is 1. The molecule has 4 unspecified atom stereocenters. The number of rotatable bonds is 13. The van der Waals surface area contributed by atoms with Crippen molar-refractivity contribution in [3.8, 4) is 17.2 Å². The Bertz CT molecular complexity index is 1330. The van der Waals surface area contributed by atoms with Crippen molar-refractivity contribution in [1.29, 1.82) is 0 Å². The Morgan fingerprint density at radius 2 is 1.98 bits per heavy atom.